The predicted molar refractivity (Wildman–Crippen MR) is 62.6 cm³/mol. The summed E-state index contributed by atoms with van der Waals surface area (Å²) in [4.78, 5) is 11.3. The molecule has 0 fully saturated rings. The monoisotopic (exact) mass is 240 g/mol. The zero-order chi connectivity index (χ0) is 12.8. The number of carbonyl (C=O) groups excluding carboxylic acids is 1. The van der Waals surface area contributed by atoms with Gasteiger partial charge in [-0.3, -0.25) is 0 Å². The van der Waals surface area contributed by atoms with Crippen molar-refractivity contribution in [3.05, 3.63) is 41.6 Å². The van der Waals surface area contributed by atoms with Crippen LogP contribution in [0.5, 0.6) is 0 Å². The van der Waals surface area contributed by atoms with Crippen LogP contribution in [-0.4, -0.2) is 6.03 Å². The number of urea groups is 1. The number of rotatable bonds is 3. The Morgan fingerprint density at radius 2 is 2.12 bits per heavy atom. The molecule has 1 aromatic carbocycles. The number of nitrogens with one attached hydrogen (secondary N) is 2. The molecule has 2 amide bonds. The fourth-order valence-corrected chi connectivity index (χ4v) is 1.04. The van der Waals surface area contributed by atoms with Crippen molar-refractivity contribution in [1.29, 1.82) is 0 Å². The van der Waals surface area contributed by atoms with Gasteiger partial charge in [0.15, 0.2) is 0 Å². The van der Waals surface area contributed by atoms with Crippen molar-refractivity contribution in [3.8, 4) is 0 Å². The molecule has 1 aromatic rings. The minimum absolute atomic E-state index is 0.0635. The van der Waals surface area contributed by atoms with Gasteiger partial charge in [-0.05, 0) is 25.5 Å². The summed E-state index contributed by atoms with van der Waals surface area (Å²) in [5.74, 6) is -1.49. The molecule has 0 aliphatic carbocycles. The molecule has 0 radical (unpaired) electrons. The third kappa shape index (κ3) is 4.22. The van der Waals surface area contributed by atoms with Crippen LogP contribution in [0.25, 0.3) is 0 Å². The Morgan fingerprint density at radius 3 is 2.71 bits per heavy atom. The van der Waals surface area contributed by atoms with E-state index in [1.54, 1.807) is 0 Å². The lowest BCUT2D eigenvalue weighted by Gasteiger charge is -2.06. The van der Waals surface area contributed by atoms with E-state index in [9.17, 15) is 13.6 Å². The summed E-state index contributed by atoms with van der Waals surface area (Å²) in [5, 5.41) is 4.73. The van der Waals surface area contributed by atoms with Crippen LogP contribution in [0.4, 0.5) is 19.3 Å². The molecular weight excluding hydrogens is 226 g/mol. The largest absolute Gasteiger partial charge is 0.323 e. The van der Waals surface area contributed by atoms with Gasteiger partial charge in [0, 0.05) is 12.3 Å². The van der Waals surface area contributed by atoms with Gasteiger partial charge in [-0.2, -0.15) is 0 Å². The van der Waals surface area contributed by atoms with Crippen molar-refractivity contribution >= 4 is 11.7 Å². The van der Waals surface area contributed by atoms with Crippen LogP contribution >= 0.6 is 0 Å². The summed E-state index contributed by atoms with van der Waals surface area (Å²) < 4.78 is 25.8. The first-order chi connectivity index (χ1) is 8.02. The molecule has 1 rings (SSSR count). The topological polar surface area (TPSA) is 41.1 Å². The van der Waals surface area contributed by atoms with E-state index < -0.39 is 17.7 Å². The SMILES string of the molecule is CC/C(C)=C/NC(=O)Nc1ccc(F)cc1F. The van der Waals surface area contributed by atoms with Gasteiger partial charge in [0.1, 0.15) is 11.6 Å². The third-order valence-corrected chi connectivity index (χ3v) is 2.19. The zero-order valence-corrected chi connectivity index (χ0v) is 9.68. The van der Waals surface area contributed by atoms with Crippen LogP contribution < -0.4 is 10.6 Å². The van der Waals surface area contributed by atoms with Crippen molar-refractivity contribution in [3.63, 3.8) is 0 Å². The number of halogens is 2. The highest BCUT2D eigenvalue weighted by molar-refractivity contribution is 5.90. The molecule has 5 heteroatoms. The second-order valence-electron chi connectivity index (χ2n) is 3.57. The van der Waals surface area contributed by atoms with Crippen LogP contribution in [0.1, 0.15) is 20.3 Å². The van der Waals surface area contributed by atoms with Crippen molar-refractivity contribution < 1.29 is 13.6 Å². The van der Waals surface area contributed by atoms with Crippen molar-refractivity contribution in [2.24, 2.45) is 0 Å². The van der Waals surface area contributed by atoms with Crippen molar-refractivity contribution in [1.82, 2.24) is 5.32 Å². The lowest BCUT2D eigenvalue weighted by atomic mass is 10.2. The first-order valence-electron chi connectivity index (χ1n) is 5.21. The fraction of sp³-hybridized carbons (Fsp3) is 0.250. The molecule has 0 saturated carbocycles. The average Bonchev–Trinajstić information content (AvgIpc) is 2.29. The summed E-state index contributed by atoms with van der Waals surface area (Å²) in [6, 6.07) is 2.39. The van der Waals surface area contributed by atoms with Gasteiger partial charge < -0.3 is 10.6 Å². The smallest absolute Gasteiger partial charge is 0.314 e. The van der Waals surface area contributed by atoms with Gasteiger partial charge in [0.2, 0.25) is 0 Å². The van der Waals surface area contributed by atoms with E-state index in [0.29, 0.717) is 6.07 Å². The van der Waals surface area contributed by atoms with E-state index in [1.807, 2.05) is 13.8 Å². The highest BCUT2D eigenvalue weighted by Gasteiger charge is 2.06. The Morgan fingerprint density at radius 1 is 1.41 bits per heavy atom. The Balaban J connectivity index is 2.62. The molecule has 0 saturated heterocycles. The number of allylic oxidation sites excluding steroid dienone is 1. The van der Waals surface area contributed by atoms with Crippen LogP contribution in [0.3, 0.4) is 0 Å². The van der Waals surface area contributed by atoms with E-state index in [-0.39, 0.29) is 5.69 Å². The summed E-state index contributed by atoms with van der Waals surface area (Å²) in [6.07, 6.45) is 2.35. The molecule has 0 bridgehead atoms. The molecular formula is C12H14F2N2O. The molecule has 0 spiro atoms. The average molecular weight is 240 g/mol. The maximum absolute atomic E-state index is 13.2. The number of carbonyl (C=O) groups is 1. The first kappa shape index (κ1) is 13.2. The minimum Gasteiger partial charge on any atom is -0.314 e. The van der Waals surface area contributed by atoms with Crippen LogP contribution in [0.15, 0.2) is 30.0 Å². The molecule has 3 nitrogen and oxygen atoms in total. The fourth-order valence-electron chi connectivity index (χ4n) is 1.04. The van der Waals surface area contributed by atoms with Gasteiger partial charge in [-0.1, -0.05) is 12.5 Å². The molecule has 0 aliphatic rings. The number of amides is 2. The zero-order valence-electron chi connectivity index (χ0n) is 9.68. The standard InChI is InChI=1S/C12H14F2N2O/c1-3-8(2)7-15-12(17)16-11-5-4-9(13)6-10(11)14/h4-7H,3H2,1-2H3,(H2,15,16,17)/b8-7+. The normalized spacial score (nSPS) is 11.2. The maximum atomic E-state index is 13.2. The summed E-state index contributed by atoms with van der Waals surface area (Å²) in [5.41, 5.74) is 0.922. The molecule has 0 heterocycles. The molecule has 92 valence electrons. The Kier molecular flexibility index (Phi) is 4.63. The quantitative estimate of drug-likeness (QED) is 0.835. The van der Waals surface area contributed by atoms with Gasteiger partial charge in [0.25, 0.3) is 0 Å². The predicted octanol–water partition coefficient (Wildman–Crippen LogP) is 3.40. The second kappa shape index (κ2) is 5.98. The van der Waals surface area contributed by atoms with E-state index in [4.69, 9.17) is 0 Å². The molecule has 2 N–H and O–H groups in total. The van der Waals surface area contributed by atoms with Crippen molar-refractivity contribution in [2.75, 3.05) is 5.32 Å². The molecule has 0 unspecified atom stereocenters. The first-order valence-corrected chi connectivity index (χ1v) is 5.21. The van der Waals surface area contributed by atoms with Gasteiger partial charge in [-0.15, -0.1) is 0 Å². The Bertz CT molecular complexity index is 444. The summed E-state index contributed by atoms with van der Waals surface area (Å²) in [7, 11) is 0. The van der Waals surface area contributed by atoms with E-state index in [1.165, 1.54) is 12.3 Å². The van der Waals surface area contributed by atoms with Gasteiger partial charge in [0.05, 0.1) is 5.69 Å². The van der Waals surface area contributed by atoms with E-state index in [2.05, 4.69) is 10.6 Å². The third-order valence-electron chi connectivity index (χ3n) is 2.19. The summed E-state index contributed by atoms with van der Waals surface area (Å²) >= 11 is 0. The van der Waals surface area contributed by atoms with E-state index in [0.717, 1.165) is 18.1 Å². The number of benzene rings is 1. The van der Waals surface area contributed by atoms with E-state index >= 15 is 0 Å². The second-order valence-corrected chi connectivity index (χ2v) is 3.57. The van der Waals surface area contributed by atoms with Crippen LogP contribution in [-0.2, 0) is 0 Å². The van der Waals surface area contributed by atoms with Crippen LogP contribution in [0.2, 0.25) is 0 Å². The van der Waals surface area contributed by atoms with Gasteiger partial charge in [-0.25, -0.2) is 13.6 Å². The molecule has 0 aromatic heterocycles. The molecule has 17 heavy (non-hydrogen) atoms. The maximum Gasteiger partial charge on any atom is 0.323 e. The molecule has 0 aliphatic heterocycles. The Hall–Kier alpha value is -1.91. The lowest BCUT2D eigenvalue weighted by molar-refractivity contribution is 0.255. The van der Waals surface area contributed by atoms with Gasteiger partial charge >= 0.3 is 6.03 Å². The number of hydrogen-bond acceptors (Lipinski definition) is 1. The molecule has 0 atom stereocenters. The number of anilines is 1. The minimum atomic E-state index is -0.809. The lowest BCUT2D eigenvalue weighted by Crippen LogP contribution is -2.24. The van der Waals surface area contributed by atoms with Crippen molar-refractivity contribution in [2.45, 2.75) is 20.3 Å². The highest BCUT2D eigenvalue weighted by atomic mass is 19.1. The van der Waals surface area contributed by atoms with Crippen LogP contribution in [0, 0.1) is 11.6 Å². The Labute approximate surface area is 98.5 Å². The number of hydrogen-bond donors (Lipinski definition) is 2. The summed E-state index contributed by atoms with van der Waals surface area (Å²) in [6.45, 7) is 3.81. The highest BCUT2D eigenvalue weighted by Crippen LogP contribution is 2.14.